The van der Waals surface area contributed by atoms with E-state index in [4.69, 9.17) is 4.74 Å². The van der Waals surface area contributed by atoms with Crippen LogP contribution >= 0.6 is 11.8 Å². The van der Waals surface area contributed by atoms with Gasteiger partial charge in [0.1, 0.15) is 5.75 Å². The zero-order valence-electron chi connectivity index (χ0n) is 18.7. The molecule has 2 aromatic rings. The summed E-state index contributed by atoms with van der Waals surface area (Å²) in [4.78, 5) is 17.4. The van der Waals surface area contributed by atoms with Crippen LogP contribution in [0.15, 0.2) is 29.4 Å². The highest BCUT2D eigenvalue weighted by Gasteiger charge is 2.27. The van der Waals surface area contributed by atoms with Gasteiger partial charge in [-0.05, 0) is 43.7 Å². The van der Waals surface area contributed by atoms with Crippen LogP contribution in [0.25, 0.3) is 11.4 Å². The molecule has 0 unspecified atom stereocenters. The van der Waals surface area contributed by atoms with Crippen molar-refractivity contribution in [3.8, 4) is 17.1 Å². The number of aromatic nitrogens is 3. The van der Waals surface area contributed by atoms with E-state index in [2.05, 4.69) is 40.4 Å². The standard InChI is InChI=1S/C22H33N5O2S/c1-6-25-11-13-26(14-12-25)21(28)17(4)30-22-24-23-20(27(22)15-16(2)3)18-7-9-19(29-5)10-8-18/h7-10,16-17H,6,11-15H2,1-5H3/t17-/m1/s1. The van der Waals surface area contributed by atoms with Gasteiger partial charge in [-0.3, -0.25) is 4.79 Å². The van der Waals surface area contributed by atoms with Crippen LogP contribution in [0.2, 0.25) is 0 Å². The highest BCUT2D eigenvalue weighted by atomic mass is 32.2. The number of hydrogen-bond donors (Lipinski definition) is 0. The highest BCUT2D eigenvalue weighted by molar-refractivity contribution is 8.00. The van der Waals surface area contributed by atoms with Gasteiger partial charge >= 0.3 is 0 Å². The third kappa shape index (κ3) is 5.35. The second kappa shape index (κ2) is 10.3. The average Bonchev–Trinajstić information content (AvgIpc) is 3.14. The Kier molecular flexibility index (Phi) is 7.77. The van der Waals surface area contributed by atoms with Crippen molar-refractivity contribution in [2.75, 3.05) is 39.8 Å². The zero-order chi connectivity index (χ0) is 21.7. The van der Waals surface area contributed by atoms with Crippen LogP contribution in [0.1, 0.15) is 27.7 Å². The molecule has 1 saturated heterocycles. The fourth-order valence-corrected chi connectivity index (χ4v) is 4.55. The molecule has 164 valence electrons. The molecule has 2 heterocycles. The van der Waals surface area contributed by atoms with E-state index in [1.807, 2.05) is 36.1 Å². The maximum absolute atomic E-state index is 13.0. The topological polar surface area (TPSA) is 63.5 Å². The van der Waals surface area contributed by atoms with Gasteiger partial charge in [-0.2, -0.15) is 0 Å². The second-order valence-electron chi connectivity index (χ2n) is 8.06. The molecule has 1 aromatic heterocycles. The van der Waals surface area contributed by atoms with Crippen LogP contribution in [0, 0.1) is 5.92 Å². The molecule has 1 amide bonds. The van der Waals surface area contributed by atoms with Gasteiger partial charge in [-0.25, -0.2) is 0 Å². The number of nitrogens with zero attached hydrogens (tertiary/aromatic N) is 5. The van der Waals surface area contributed by atoms with Crippen LogP contribution in [-0.2, 0) is 11.3 Å². The number of piperazine rings is 1. The molecule has 30 heavy (non-hydrogen) atoms. The molecule has 3 rings (SSSR count). The molecule has 0 spiro atoms. The number of thioether (sulfide) groups is 1. The molecule has 0 saturated carbocycles. The minimum atomic E-state index is -0.197. The minimum Gasteiger partial charge on any atom is -0.497 e. The third-order valence-corrected chi connectivity index (χ3v) is 6.44. The van der Waals surface area contributed by atoms with Gasteiger partial charge in [0.25, 0.3) is 0 Å². The smallest absolute Gasteiger partial charge is 0.235 e. The van der Waals surface area contributed by atoms with Crippen molar-refractivity contribution >= 4 is 17.7 Å². The summed E-state index contributed by atoms with van der Waals surface area (Å²) in [6, 6.07) is 7.85. The van der Waals surface area contributed by atoms with Gasteiger partial charge in [0, 0.05) is 38.3 Å². The van der Waals surface area contributed by atoms with Gasteiger partial charge < -0.3 is 19.1 Å². The molecule has 1 aliphatic heterocycles. The highest BCUT2D eigenvalue weighted by Crippen LogP contribution is 2.29. The maximum Gasteiger partial charge on any atom is 0.235 e. The average molecular weight is 432 g/mol. The molecule has 0 bridgehead atoms. The normalized spacial score (nSPS) is 16.1. The summed E-state index contributed by atoms with van der Waals surface area (Å²) < 4.78 is 7.40. The van der Waals surface area contributed by atoms with Gasteiger partial charge in [-0.15, -0.1) is 10.2 Å². The van der Waals surface area contributed by atoms with E-state index in [0.717, 1.165) is 61.6 Å². The van der Waals surface area contributed by atoms with Gasteiger partial charge in [-0.1, -0.05) is 32.5 Å². The Morgan fingerprint density at radius 3 is 2.33 bits per heavy atom. The Bertz CT molecular complexity index is 829. The fraction of sp³-hybridized carbons (Fsp3) is 0.591. The van der Waals surface area contributed by atoms with Crippen molar-refractivity contribution < 1.29 is 9.53 Å². The van der Waals surface area contributed by atoms with E-state index in [0.29, 0.717) is 5.92 Å². The van der Waals surface area contributed by atoms with Gasteiger partial charge in [0.05, 0.1) is 12.4 Å². The Hall–Kier alpha value is -2.06. The van der Waals surface area contributed by atoms with Crippen LogP contribution in [0.3, 0.4) is 0 Å². The van der Waals surface area contributed by atoms with E-state index in [-0.39, 0.29) is 11.2 Å². The number of rotatable bonds is 8. The molecule has 1 fully saturated rings. The lowest BCUT2D eigenvalue weighted by atomic mass is 10.2. The molecule has 0 N–H and O–H groups in total. The summed E-state index contributed by atoms with van der Waals surface area (Å²) in [5.74, 6) is 2.25. The first kappa shape index (κ1) is 22.6. The van der Waals surface area contributed by atoms with Crippen molar-refractivity contribution in [1.29, 1.82) is 0 Å². The molecular formula is C22H33N5O2S. The maximum atomic E-state index is 13.0. The first-order chi connectivity index (χ1) is 14.4. The number of carbonyl (C=O) groups is 1. The zero-order valence-corrected chi connectivity index (χ0v) is 19.5. The molecule has 0 radical (unpaired) electrons. The molecule has 1 atom stereocenters. The molecular weight excluding hydrogens is 398 g/mol. The second-order valence-corrected chi connectivity index (χ2v) is 9.37. The van der Waals surface area contributed by atoms with E-state index < -0.39 is 0 Å². The number of ether oxygens (including phenoxy) is 1. The lowest BCUT2D eigenvalue weighted by Gasteiger charge is -2.35. The molecule has 7 nitrogen and oxygen atoms in total. The van der Waals surface area contributed by atoms with E-state index in [1.165, 1.54) is 11.8 Å². The lowest BCUT2D eigenvalue weighted by molar-refractivity contribution is -0.132. The summed E-state index contributed by atoms with van der Waals surface area (Å²) in [5, 5.41) is 9.50. The van der Waals surface area contributed by atoms with Crippen LogP contribution in [0.4, 0.5) is 0 Å². The number of methoxy groups -OCH3 is 1. The Balaban J connectivity index is 1.76. The summed E-state index contributed by atoms with van der Waals surface area (Å²) >= 11 is 1.50. The largest absolute Gasteiger partial charge is 0.497 e. The lowest BCUT2D eigenvalue weighted by Crippen LogP contribution is -2.50. The molecule has 0 aliphatic carbocycles. The third-order valence-electron chi connectivity index (χ3n) is 5.37. The number of benzene rings is 1. The minimum absolute atomic E-state index is 0.181. The monoisotopic (exact) mass is 431 g/mol. The van der Waals surface area contributed by atoms with Gasteiger partial charge in [0.2, 0.25) is 5.91 Å². The van der Waals surface area contributed by atoms with Crippen molar-refractivity contribution in [2.24, 2.45) is 5.92 Å². The number of carbonyl (C=O) groups excluding carboxylic acids is 1. The van der Waals surface area contributed by atoms with Crippen LogP contribution < -0.4 is 4.74 Å². The van der Waals surface area contributed by atoms with Gasteiger partial charge in [0.15, 0.2) is 11.0 Å². The number of hydrogen-bond acceptors (Lipinski definition) is 6. The Labute approximate surface area is 183 Å². The van der Waals surface area contributed by atoms with Crippen LogP contribution in [-0.4, -0.2) is 75.6 Å². The van der Waals surface area contributed by atoms with Crippen molar-refractivity contribution in [3.05, 3.63) is 24.3 Å². The predicted molar refractivity (Wildman–Crippen MR) is 121 cm³/mol. The quantitative estimate of drug-likeness (QED) is 0.598. The summed E-state index contributed by atoms with van der Waals surface area (Å²) in [6.45, 7) is 13.8. The van der Waals surface area contributed by atoms with Crippen molar-refractivity contribution in [2.45, 2.75) is 44.6 Å². The first-order valence-corrected chi connectivity index (χ1v) is 11.6. The van der Waals surface area contributed by atoms with Crippen molar-refractivity contribution in [3.63, 3.8) is 0 Å². The first-order valence-electron chi connectivity index (χ1n) is 10.7. The Morgan fingerprint density at radius 1 is 1.10 bits per heavy atom. The number of likely N-dealkylation sites (N-methyl/N-ethyl adjacent to an activating group) is 1. The molecule has 1 aliphatic rings. The fourth-order valence-electron chi connectivity index (χ4n) is 3.61. The van der Waals surface area contributed by atoms with Crippen molar-refractivity contribution in [1.82, 2.24) is 24.6 Å². The summed E-state index contributed by atoms with van der Waals surface area (Å²) in [6.07, 6.45) is 0. The predicted octanol–water partition coefficient (Wildman–Crippen LogP) is 3.25. The molecule has 8 heteroatoms. The summed E-state index contributed by atoms with van der Waals surface area (Å²) in [5.41, 5.74) is 0.991. The number of amides is 1. The van der Waals surface area contributed by atoms with E-state index in [1.54, 1.807) is 7.11 Å². The Morgan fingerprint density at radius 2 is 1.77 bits per heavy atom. The molecule has 1 aromatic carbocycles. The van der Waals surface area contributed by atoms with E-state index >= 15 is 0 Å². The SMILES string of the molecule is CCN1CCN(C(=O)[C@@H](C)Sc2nnc(-c3ccc(OC)cc3)n2CC(C)C)CC1. The van der Waals surface area contributed by atoms with E-state index in [9.17, 15) is 4.79 Å². The summed E-state index contributed by atoms with van der Waals surface area (Å²) in [7, 11) is 1.66. The van der Waals surface area contributed by atoms with Crippen LogP contribution in [0.5, 0.6) is 5.75 Å².